The zero-order chi connectivity index (χ0) is 15.4. The lowest BCUT2D eigenvalue weighted by atomic mass is 9.98. The maximum atomic E-state index is 12.5. The van der Waals surface area contributed by atoms with E-state index in [9.17, 15) is 16.8 Å². The molecule has 0 spiro atoms. The molecular weight excluding hydrogens is 300 g/mol. The average Bonchev–Trinajstić information content (AvgIpc) is 2.82. The Labute approximate surface area is 122 Å². The molecule has 0 amide bonds. The number of hydrogen-bond donors (Lipinski definition) is 1. The van der Waals surface area contributed by atoms with Crippen molar-refractivity contribution < 1.29 is 16.8 Å². The van der Waals surface area contributed by atoms with Gasteiger partial charge in [0.1, 0.15) is 9.84 Å². The van der Waals surface area contributed by atoms with Crippen LogP contribution in [0.2, 0.25) is 0 Å². The fourth-order valence-corrected chi connectivity index (χ4v) is 6.41. The monoisotopic (exact) mass is 326 g/mol. The Bertz CT molecular complexity index is 508. The van der Waals surface area contributed by atoms with Crippen LogP contribution in [0.1, 0.15) is 39.0 Å². The molecule has 0 atom stereocenters. The molecule has 1 rings (SSSR count). The van der Waals surface area contributed by atoms with Gasteiger partial charge in [0.25, 0.3) is 0 Å². The number of nitrogens with zero attached hydrogens (tertiary/aromatic N) is 1. The van der Waals surface area contributed by atoms with Crippen molar-refractivity contribution in [3.05, 3.63) is 0 Å². The van der Waals surface area contributed by atoms with Gasteiger partial charge in [0.2, 0.25) is 10.0 Å². The van der Waals surface area contributed by atoms with Gasteiger partial charge in [0.15, 0.2) is 0 Å². The van der Waals surface area contributed by atoms with Crippen molar-refractivity contribution >= 4 is 19.9 Å². The molecule has 0 aliphatic heterocycles. The number of hydrogen-bond acceptors (Lipinski definition) is 5. The first-order chi connectivity index (χ1) is 9.17. The molecule has 20 heavy (non-hydrogen) atoms. The van der Waals surface area contributed by atoms with Gasteiger partial charge in [-0.2, -0.15) is 4.31 Å². The molecule has 0 aromatic carbocycles. The van der Waals surface area contributed by atoms with E-state index in [0.717, 1.165) is 31.9 Å². The zero-order valence-electron chi connectivity index (χ0n) is 12.3. The molecule has 0 aromatic heterocycles. The van der Waals surface area contributed by atoms with Crippen LogP contribution in [-0.2, 0) is 19.9 Å². The van der Waals surface area contributed by atoms with Crippen molar-refractivity contribution in [2.45, 2.75) is 44.6 Å². The van der Waals surface area contributed by atoms with Gasteiger partial charge in [-0.25, -0.2) is 16.8 Å². The lowest BCUT2D eigenvalue weighted by Gasteiger charge is -2.39. The smallest absolute Gasteiger partial charge is 0.215 e. The maximum Gasteiger partial charge on any atom is 0.215 e. The first-order valence-electron chi connectivity index (χ1n) is 7.05. The Hall–Kier alpha value is -0.180. The summed E-state index contributed by atoms with van der Waals surface area (Å²) in [5.74, 6) is -0.691. The second kappa shape index (κ2) is 6.72. The van der Waals surface area contributed by atoms with Gasteiger partial charge in [0.05, 0.1) is 11.5 Å². The molecule has 1 fully saturated rings. The summed E-state index contributed by atoms with van der Waals surface area (Å²) in [5.41, 5.74) is 5.35. The van der Waals surface area contributed by atoms with E-state index in [1.54, 1.807) is 0 Å². The lowest BCUT2D eigenvalue weighted by molar-refractivity contribution is 0.197. The minimum Gasteiger partial charge on any atom is -0.329 e. The highest BCUT2D eigenvalue weighted by molar-refractivity contribution is 7.93. The average molecular weight is 326 g/mol. The highest BCUT2D eigenvalue weighted by Gasteiger charge is 2.43. The van der Waals surface area contributed by atoms with Crippen molar-refractivity contribution in [3.63, 3.8) is 0 Å². The van der Waals surface area contributed by atoms with E-state index in [4.69, 9.17) is 5.73 Å². The van der Waals surface area contributed by atoms with Crippen molar-refractivity contribution in [1.82, 2.24) is 4.31 Å². The molecule has 6 nitrogen and oxygen atoms in total. The SMILES string of the molecule is CCCN(C1(CN)CCCC1)S(=O)(=O)CCS(C)(=O)=O. The minimum absolute atomic E-state index is 0.297. The van der Waals surface area contributed by atoms with Crippen LogP contribution in [0.3, 0.4) is 0 Å². The van der Waals surface area contributed by atoms with Crippen LogP contribution in [0.15, 0.2) is 0 Å². The molecule has 0 unspecified atom stereocenters. The molecule has 0 aromatic rings. The van der Waals surface area contributed by atoms with Crippen LogP contribution in [0, 0.1) is 0 Å². The normalized spacial score (nSPS) is 19.6. The molecule has 0 heterocycles. The third-order valence-corrected chi connectivity index (χ3v) is 7.08. The van der Waals surface area contributed by atoms with E-state index in [1.807, 2.05) is 6.92 Å². The van der Waals surface area contributed by atoms with Crippen LogP contribution >= 0.6 is 0 Å². The van der Waals surface area contributed by atoms with Crippen LogP contribution in [0.4, 0.5) is 0 Å². The second-order valence-corrected chi connectivity index (χ2v) is 9.93. The highest BCUT2D eigenvalue weighted by Crippen LogP contribution is 2.36. The molecular formula is C12H26N2O4S2. The third kappa shape index (κ3) is 4.41. The van der Waals surface area contributed by atoms with Crippen LogP contribution in [-0.4, -0.2) is 57.5 Å². The first kappa shape index (κ1) is 17.9. The molecule has 1 aliphatic carbocycles. The summed E-state index contributed by atoms with van der Waals surface area (Å²) in [4.78, 5) is 0. The summed E-state index contributed by atoms with van der Waals surface area (Å²) in [6.45, 7) is 2.62. The summed E-state index contributed by atoms with van der Waals surface area (Å²) >= 11 is 0. The van der Waals surface area contributed by atoms with Gasteiger partial charge in [-0.3, -0.25) is 0 Å². The quantitative estimate of drug-likeness (QED) is 0.694. The van der Waals surface area contributed by atoms with Crippen molar-refractivity contribution in [3.8, 4) is 0 Å². The van der Waals surface area contributed by atoms with Crippen LogP contribution in [0.5, 0.6) is 0 Å². The molecule has 1 aliphatic rings. The van der Waals surface area contributed by atoms with E-state index in [2.05, 4.69) is 0 Å². The van der Waals surface area contributed by atoms with Gasteiger partial charge < -0.3 is 5.73 Å². The summed E-state index contributed by atoms with van der Waals surface area (Å²) in [7, 11) is -6.89. The topological polar surface area (TPSA) is 97.5 Å². The number of sulfonamides is 1. The standard InChI is InChI=1S/C12H26N2O4S2/c1-3-8-14(12(11-13)6-4-5-7-12)20(17,18)10-9-19(2,15)16/h3-11,13H2,1-2H3. The molecule has 8 heteroatoms. The summed E-state index contributed by atoms with van der Waals surface area (Å²) in [6.07, 6.45) is 5.22. The maximum absolute atomic E-state index is 12.5. The Balaban J connectivity index is 2.99. The predicted molar refractivity (Wildman–Crippen MR) is 80.7 cm³/mol. The highest BCUT2D eigenvalue weighted by atomic mass is 32.2. The van der Waals surface area contributed by atoms with E-state index >= 15 is 0 Å². The molecule has 0 bridgehead atoms. The van der Waals surface area contributed by atoms with Gasteiger partial charge in [-0.15, -0.1) is 0 Å². The number of rotatable bonds is 8. The van der Waals surface area contributed by atoms with Crippen molar-refractivity contribution in [2.24, 2.45) is 5.73 Å². The second-order valence-electron chi connectivity index (χ2n) is 5.65. The summed E-state index contributed by atoms with van der Waals surface area (Å²) < 4.78 is 49.0. The van der Waals surface area contributed by atoms with Gasteiger partial charge in [-0.1, -0.05) is 19.8 Å². The van der Waals surface area contributed by atoms with Gasteiger partial charge in [-0.05, 0) is 19.3 Å². The molecule has 2 N–H and O–H groups in total. The van der Waals surface area contributed by atoms with E-state index < -0.39 is 25.4 Å². The zero-order valence-corrected chi connectivity index (χ0v) is 14.0. The summed E-state index contributed by atoms with van der Waals surface area (Å²) in [6, 6.07) is 0. The van der Waals surface area contributed by atoms with E-state index in [1.165, 1.54) is 4.31 Å². The number of sulfone groups is 1. The fraction of sp³-hybridized carbons (Fsp3) is 1.00. The predicted octanol–water partition coefficient (Wildman–Crippen LogP) is 0.344. The Kier molecular flexibility index (Phi) is 6.01. The van der Waals surface area contributed by atoms with E-state index in [-0.39, 0.29) is 11.5 Å². The van der Waals surface area contributed by atoms with Crippen molar-refractivity contribution in [1.29, 1.82) is 0 Å². The first-order valence-corrected chi connectivity index (χ1v) is 10.7. The Morgan fingerprint density at radius 2 is 1.65 bits per heavy atom. The molecule has 0 radical (unpaired) electrons. The molecule has 120 valence electrons. The summed E-state index contributed by atoms with van der Waals surface area (Å²) in [5, 5.41) is 0. The van der Waals surface area contributed by atoms with E-state index in [0.29, 0.717) is 19.5 Å². The Morgan fingerprint density at radius 1 is 1.10 bits per heavy atom. The van der Waals surface area contributed by atoms with Crippen molar-refractivity contribution in [2.75, 3.05) is 30.9 Å². The minimum atomic E-state index is -3.60. The Morgan fingerprint density at radius 3 is 2.05 bits per heavy atom. The van der Waals surface area contributed by atoms with Gasteiger partial charge in [0, 0.05) is 24.9 Å². The fourth-order valence-electron chi connectivity index (χ4n) is 2.83. The number of nitrogens with two attached hydrogens (primary N) is 1. The molecule has 1 saturated carbocycles. The molecule has 0 saturated heterocycles. The van der Waals surface area contributed by atoms with Gasteiger partial charge >= 0.3 is 0 Å². The van der Waals surface area contributed by atoms with Crippen LogP contribution in [0.25, 0.3) is 0 Å². The third-order valence-electron chi connectivity index (χ3n) is 3.92. The largest absolute Gasteiger partial charge is 0.329 e. The lowest BCUT2D eigenvalue weighted by Crippen LogP contribution is -2.55. The van der Waals surface area contributed by atoms with Crippen LogP contribution < -0.4 is 5.73 Å².